The molecular formula is C16H16N2O3. The third-order valence-corrected chi connectivity index (χ3v) is 4.59. The predicted octanol–water partition coefficient (Wildman–Crippen LogP) is 2.53. The van der Waals surface area contributed by atoms with E-state index in [1.54, 1.807) is 0 Å². The van der Waals surface area contributed by atoms with Gasteiger partial charge in [-0.15, -0.1) is 0 Å². The number of nitrogens with zero attached hydrogens (tertiary/aromatic N) is 2. The second kappa shape index (κ2) is 4.69. The summed E-state index contributed by atoms with van der Waals surface area (Å²) in [7, 11) is 0. The Morgan fingerprint density at radius 3 is 2.86 bits per heavy atom. The van der Waals surface area contributed by atoms with E-state index in [9.17, 15) is 4.79 Å². The normalized spacial score (nSPS) is 27.1. The molecule has 1 aromatic heterocycles. The van der Waals surface area contributed by atoms with Gasteiger partial charge in [0, 0.05) is 5.92 Å². The molecule has 0 aliphatic heterocycles. The zero-order valence-corrected chi connectivity index (χ0v) is 11.5. The molecular weight excluding hydrogens is 268 g/mol. The maximum Gasteiger partial charge on any atom is 0.307 e. The van der Waals surface area contributed by atoms with Crippen LogP contribution in [0.25, 0.3) is 0 Å². The Morgan fingerprint density at radius 2 is 2.10 bits per heavy atom. The van der Waals surface area contributed by atoms with E-state index in [0.717, 1.165) is 25.1 Å². The van der Waals surface area contributed by atoms with Gasteiger partial charge in [0.1, 0.15) is 0 Å². The van der Waals surface area contributed by atoms with Crippen molar-refractivity contribution < 1.29 is 14.4 Å². The van der Waals surface area contributed by atoms with E-state index in [0.29, 0.717) is 12.3 Å². The van der Waals surface area contributed by atoms with Crippen LogP contribution in [0, 0.1) is 5.92 Å². The summed E-state index contributed by atoms with van der Waals surface area (Å²) in [4.78, 5) is 15.4. The lowest BCUT2D eigenvalue weighted by atomic mass is 9.83. The van der Waals surface area contributed by atoms with E-state index in [4.69, 9.17) is 9.63 Å². The fourth-order valence-electron chi connectivity index (χ4n) is 3.22. The van der Waals surface area contributed by atoms with Gasteiger partial charge in [-0.25, -0.2) is 0 Å². The van der Waals surface area contributed by atoms with E-state index in [1.807, 2.05) is 0 Å². The number of fused-ring (bicyclic) bond motifs is 1. The van der Waals surface area contributed by atoms with Crippen LogP contribution < -0.4 is 0 Å². The largest absolute Gasteiger partial charge is 0.481 e. The van der Waals surface area contributed by atoms with Crippen LogP contribution in [0.15, 0.2) is 28.8 Å². The molecule has 1 saturated carbocycles. The Bertz CT molecular complexity index is 694. The van der Waals surface area contributed by atoms with Crippen LogP contribution in [0.2, 0.25) is 0 Å². The molecule has 0 amide bonds. The summed E-state index contributed by atoms with van der Waals surface area (Å²) < 4.78 is 5.29. The smallest absolute Gasteiger partial charge is 0.307 e. The number of carboxylic acids is 1. The summed E-state index contributed by atoms with van der Waals surface area (Å²) in [5, 5.41) is 13.0. The Morgan fingerprint density at radius 1 is 1.29 bits per heavy atom. The number of hydrogen-bond donors (Lipinski definition) is 1. The molecule has 0 spiro atoms. The van der Waals surface area contributed by atoms with Crippen molar-refractivity contribution in [1.82, 2.24) is 10.1 Å². The van der Waals surface area contributed by atoms with Crippen molar-refractivity contribution in [3.63, 3.8) is 0 Å². The van der Waals surface area contributed by atoms with Gasteiger partial charge in [-0.05, 0) is 36.8 Å². The first-order valence-corrected chi connectivity index (χ1v) is 7.35. The lowest BCUT2D eigenvalue weighted by Gasteiger charge is -2.21. The van der Waals surface area contributed by atoms with Crippen LogP contribution in [0.3, 0.4) is 0 Å². The van der Waals surface area contributed by atoms with Gasteiger partial charge < -0.3 is 9.63 Å². The van der Waals surface area contributed by atoms with Crippen molar-refractivity contribution in [3.05, 3.63) is 47.1 Å². The summed E-state index contributed by atoms with van der Waals surface area (Å²) in [6.07, 6.45) is 3.60. The quantitative estimate of drug-likeness (QED) is 0.937. The van der Waals surface area contributed by atoms with E-state index in [-0.39, 0.29) is 17.8 Å². The molecule has 1 aromatic carbocycles. The van der Waals surface area contributed by atoms with Crippen molar-refractivity contribution in [2.75, 3.05) is 0 Å². The van der Waals surface area contributed by atoms with Crippen LogP contribution in [-0.4, -0.2) is 21.2 Å². The highest BCUT2D eigenvalue weighted by molar-refractivity contribution is 5.74. The zero-order chi connectivity index (χ0) is 14.4. The summed E-state index contributed by atoms with van der Waals surface area (Å²) in [6, 6.07) is 8.47. The second-order valence-corrected chi connectivity index (χ2v) is 5.99. The monoisotopic (exact) mass is 284 g/mol. The van der Waals surface area contributed by atoms with Gasteiger partial charge in [-0.1, -0.05) is 29.4 Å². The lowest BCUT2D eigenvalue weighted by molar-refractivity contribution is -0.138. The highest BCUT2D eigenvalue weighted by Gasteiger charge is 2.48. The molecule has 4 rings (SSSR count). The minimum atomic E-state index is -0.772. The first-order valence-electron chi connectivity index (χ1n) is 7.35. The maximum atomic E-state index is 10.9. The molecule has 108 valence electrons. The minimum Gasteiger partial charge on any atom is -0.481 e. The Balaban J connectivity index is 1.51. The molecule has 5 nitrogen and oxygen atoms in total. The van der Waals surface area contributed by atoms with Gasteiger partial charge in [0.25, 0.3) is 0 Å². The molecule has 2 aliphatic carbocycles. The van der Waals surface area contributed by atoms with Crippen molar-refractivity contribution in [1.29, 1.82) is 0 Å². The summed E-state index contributed by atoms with van der Waals surface area (Å²) in [5.41, 5.74) is 2.76. The van der Waals surface area contributed by atoms with E-state index in [2.05, 4.69) is 34.4 Å². The molecule has 0 saturated heterocycles. The fraction of sp³-hybridized carbons (Fsp3) is 0.438. The first-order chi connectivity index (χ1) is 10.2. The zero-order valence-electron chi connectivity index (χ0n) is 11.5. The Hall–Kier alpha value is -2.17. The Kier molecular flexibility index (Phi) is 2.80. The predicted molar refractivity (Wildman–Crippen MR) is 74.0 cm³/mol. The average molecular weight is 284 g/mol. The van der Waals surface area contributed by atoms with Gasteiger partial charge in [0.05, 0.1) is 11.8 Å². The number of benzene rings is 1. The molecule has 1 heterocycles. The number of aromatic nitrogens is 2. The van der Waals surface area contributed by atoms with E-state index < -0.39 is 5.97 Å². The van der Waals surface area contributed by atoms with Crippen molar-refractivity contribution in [2.24, 2.45) is 5.92 Å². The number of hydrogen-bond acceptors (Lipinski definition) is 4. The minimum absolute atomic E-state index is 0.0837. The number of carbonyl (C=O) groups is 1. The SMILES string of the molecule is O=C(O)C1CC1c1nc(C2CCc3ccccc3C2)no1. The summed E-state index contributed by atoms with van der Waals surface area (Å²) in [5.74, 6) is 0.308. The molecule has 1 fully saturated rings. The highest BCUT2D eigenvalue weighted by atomic mass is 16.5. The van der Waals surface area contributed by atoms with Crippen LogP contribution >= 0.6 is 0 Å². The van der Waals surface area contributed by atoms with Gasteiger partial charge in [0.2, 0.25) is 5.89 Å². The van der Waals surface area contributed by atoms with Crippen LogP contribution in [0.5, 0.6) is 0 Å². The molecule has 3 atom stereocenters. The van der Waals surface area contributed by atoms with Crippen LogP contribution in [0.1, 0.15) is 47.5 Å². The van der Waals surface area contributed by atoms with Gasteiger partial charge in [-0.3, -0.25) is 4.79 Å². The van der Waals surface area contributed by atoms with Crippen molar-refractivity contribution in [3.8, 4) is 0 Å². The molecule has 3 unspecified atom stereocenters. The number of carboxylic acid groups (broad SMARTS) is 1. The standard InChI is InChI=1S/C16H16N2O3/c19-16(20)13-8-12(13)15-17-14(18-21-15)11-6-5-9-3-1-2-4-10(9)7-11/h1-4,11-13H,5-8H2,(H,19,20). The van der Waals surface area contributed by atoms with Crippen LogP contribution in [0.4, 0.5) is 0 Å². The third-order valence-electron chi connectivity index (χ3n) is 4.59. The van der Waals surface area contributed by atoms with Gasteiger partial charge in [0.15, 0.2) is 5.82 Å². The summed E-state index contributed by atoms with van der Waals surface area (Å²) >= 11 is 0. The highest BCUT2D eigenvalue weighted by Crippen LogP contribution is 2.47. The molecule has 5 heteroatoms. The number of aliphatic carboxylic acids is 1. The Labute approximate surface area is 122 Å². The van der Waals surface area contributed by atoms with Crippen molar-refractivity contribution >= 4 is 5.97 Å². The van der Waals surface area contributed by atoms with Crippen molar-refractivity contribution in [2.45, 2.75) is 37.5 Å². The average Bonchev–Trinajstić information content (AvgIpc) is 3.17. The molecule has 2 aliphatic rings. The maximum absolute atomic E-state index is 10.9. The summed E-state index contributed by atoms with van der Waals surface area (Å²) in [6.45, 7) is 0. The molecule has 1 N–H and O–H groups in total. The molecule has 21 heavy (non-hydrogen) atoms. The second-order valence-electron chi connectivity index (χ2n) is 5.99. The third kappa shape index (κ3) is 2.22. The first kappa shape index (κ1) is 12.6. The molecule has 0 radical (unpaired) electrons. The molecule has 2 aromatic rings. The lowest BCUT2D eigenvalue weighted by Crippen LogP contribution is -2.13. The molecule has 0 bridgehead atoms. The van der Waals surface area contributed by atoms with E-state index in [1.165, 1.54) is 11.1 Å². The van der Waals surface area contributed by atoms with Gasteiger partial charge >= 0.3 is 5.97 Å². The van der Waals surface area contributed by atoms with E-state index >= 15 is 0 Å². The number of rotatable bonds is 3. The van der Waals surface area contributed by atoms with Crippen LogP contribution in [-0.2, 0) is 17.6 Å². The number of aryl methyl sites for hydroxylation is 1. The topological polar surface area (TPSA) is 76.2 Å². The fourth-order valence-corrected chi connectivity index (χ4v) is 3.22. The van der Waals surface area contributed by atoms with Gasteiger partial charge in [-0.2, -0.15) is 4.98 Å².